The van der Waals surface area contributed by atoms with Gasteiger partial charge in [-0.1, -0.05) is 36.4 Å². The molecule has 2 aromatic rings. The first-order chi connectivity index (χ1) is 11.8. The van der Waals surface area contributed by atoms with Crippen LogP contribution in [-0.2, 0) is 27.8 Å². The van der Waals surface area contributed by atoms with Crippen molar-refractivity contribution < 1.29 is 18.3 Å². The minimum absolute atomic E-state index is 0.128. The number of hydrogen-bond acceptors (Lipinski definition) is 4. The Bertz CT molecular complexity index is 848. The maximum absolute atomic E-state index is 12.3. The van der Waals surface area contributed by atoms with E-state index in [2.05, 4.69) is 5.32 Å². The zero-order chi connectivity index (χ0) is 18.4. The molecule has 7 heteroatoms. The second-order valence-corrected chi connectivity index (χ2v) is 7.92. The van der Waals surface area contributed by atoms with Crippen molar-refractivity contribution >= 4 is 15.9 Å². The molecule has 134 valence electrons. The van der Waals surface area contributed by atoms with E-state index in [9.17, 15) is 18.3 Å². The lowest BCUT2D eigenvalue weighted by atomic mass is 10.1. The van der Waals surface area contributed by atoms with Gasteiger partial charge in [0.25, 0.3) is 0 Å². The van der Waals surface area contributed by atoms with Crippen molar-refractivity contribution in [2.24, 2.45) is 0 Å². The number of para-hydroxylation sites is 1. The molecule has 0 bridgehead atoms. The van der Waals surface area contributed by atoms with Crippen molar-refractivity contribution in [2.45, 2.75) is 24.3 Å². The van der Waals surface area contributed by atoms with Gasteiger partial charge >= 0.3 is 0 Å². The van der Waals surface area contributed by atoms with Gasteiger partial charge in [-0.05, 0) is 29.7 Å². The normalized spacial score (nSPS) is 11.5. The summed E-state index contributed by atoms with van der Waals surface area (Å²) in [7, 11) is -0.629. The van der Waals surface area contributed by atoms with Crippen LogP contribution in [0.5, 0.6) is 5.75 Å². The van der Waals surface area contributed by atoms with Crippen molar-refractivity contribution in [1.82, 2.24) is 9.62 Å². The molecule has 0 unspecified atom stereocenters. The van der Waals surface area contributed by atoms with Crippen molar-refractivity contribution in [2.75, 3.05) is 14.1 Å². The maximum Gasteiger partial charge on any atom is 0.242 e. The van der Waals surface area contributed by atoms with Crippen LogP contribution in [-0.4, -0.2) is 37.8 Å². The molecule has 2 aromatic carbocycles. The third-order valence-electron chi connectivity index (χ3n) is 3.82. The number of sulfonamides is 1. The van der Waals surface area contributed by atoms with Crippen LogP contribution in [0.4, 0.5) is 0 Å². The fourth-order valence-corrected chi connectivity index (χ4v) is 3.47. The molecule has 0 spiro atoms. The van der Waals surface area contributed by atoms with Crippen LogP contribution in [0.15, 0.2) is 53.4 Å². The summed E-state index contributed by atoms with van der Waals surface area (Å²) in [6.07, 6.45) is 0.621. The monoisotopic (exact) mass is 362 g/mol. The van der Waals surface area contributed by atoms with E-state index in [-0.39, 0.29) is 29.5 Å². The maximum atomic E-state index is 12.3. The second-order valence-electron chi connectivity index (χ2n) is 5.80. The molecule has 0 radical (unpaired) electrons. The Morgan fingerprint density at radius 2 is 1.64 bits per heavy atom. The molecule has 6 nitrogen and oxygen atoms in total. The van der Waals surface area contributed by atoms with Gasteiger partial charge in [0.05, 0.1) is 4.90 Å². The lowest BCUT2D eigenvalue weighted by Crippen LogP contribution is -2.27. The van der Waals surface area contributed by atoms with Crippen LogP contribution in [0.1, 0.15) is 17.5 Å². The van der Waals surface area contributed by atoms with Crippen LogP contribution in [0.3, 0.4) is 0 Å². The molecule has 2 N–H and O–H groups in total. The number of carbonyl (C=O) groups is 1. The first-order valence-electron chi connectivity index (χ1n) is 7.86. The Balaban J connectivity index is 2.00. The summed E-state index contributed by atoms with van der Waals surface area (Å²) in [5.74, 6) is -0.0435. The summed E-state index contributed by atoms with van der Waals surface area (Å²) in [5, 5.41) is 12.4. The molecule has 25 heavy (non-hydrogen) atoms. The summed E-state index contributed by atoms with van der Waals surface area (Å²) in [5.41, 5.74) is 1.24. The van der Waals surface area contributed by atoms with Crippen molar-refractivity contribution in [3.05, 3.63) is 59.7 Å². The molecule has 0 heterocycles. The van der Waals surface area contributed by atoms with E-state index in [1.807, 2.05) is 0 Å². The van der Waals surface area contributed by atoms with Gasteiger partial charge in [0.2, 0.25) is 15.9 Å². The summed E-state index contributed by atoms with van der Waals surface area (Å²) in [6.45, 7) is 0.128. The summed E-state index contributed by atoms with van der Waals surface area (Å²) in [6, 6.07) is 13.5. The lowest BCUT2D eigenvalue weighted by Gasteiger charge is -2.15. The summed E-state index contributed by atoms with van der Waals surface area (Å²) >= 11 is 0. The van der Waals surface area contributed by atoms with E-state index in [4.69, 9.17) is 0 Å². The zero-order valence-electron chi connectivity index (χ0n) is 14.3. The first-order valence-corrected chi connectivity index (χ1v) is 9.30. The van der Waals surface area contributed by atoms with E-state index >= 15 is 0 Å². The summed E-state index contributed by atoms with van der Waals surface area (Å²) < 4.78 is 25.8. The van der Waals surface area contributed by atoms with Gasteiger partial charge in [-0.3, -0.25) is 4.79 Å². The van der Waals surface area contributed by atoms with Crippen LogP contribution in [0, 0.1) is 0 Å². The highest BCUT2D eigenvalue weighted by Crippen LogP contribution is 2.19. The van der Waals surface area contributed by atoms with Gasteiger partial charge < -0.3 is 10.4 Å². The third kappa shape index (κ3) is 4.80. The standard InChI is InChI=1S/C18H22N2O4S/c1-20(2)25(23,24)17-10-6-4-8-15(17)13-19-18(22)12-11-14-7-3-5-9-16(14)21/h3-10,21H,11-13H2,1-2H3,(H,19,22). The highest BCUT2D eigenvalue weighted by molar-refractivity contribution is 7.89. The van der Waals surface area contributed by atoms with Crippen LogP contribution in [0.25, 0.3) is 0 Å². The molecular formula is C18H22N2O4S. The Kier molecular flexibility index (Phi) is 6.17. The molecule has 2 rings (SSSR count). The number of carbonyl (C=O) groups excluding carboxylic acids is 1. The lowest BCUT2D eigenvalue weighted by molar-refractivity contribution is -0.121. The van der Waals surface area contributed by atoms with Crippen molar-refractivity contribution in [3.63, 3.8) is 0 Å². The molecule has 0 saturated heterocycles. The number of hydrogen-bond donors (Lipinski definition) is 2. The zero-order valence-corrected chi connectivity index (χ0v) is 15.1. The number of rotatable bonds is 7. The van der Waals surface area contributed by atoms with Gasteiger partial charge in [-0.25, -0.2) is 12.7 Å². The highest BCUT2D eigenvalue weighted by atomic mass is 32.2. The van der Waals surface area contributed by atoms with Gasteiger partial charge in [-0.2, -0.15) is 0 Å². The fourth-order valence-electron chi connectivity index (χ4n) is 2.35. The minimum Gasteiger partial charge on any atom is -0.508 e. The van der Waals surface area contributed by atoms with Crippen molar-refractivity contribution in [1.29, 1.82) is 0 Å². The van der Waals surface area contributed by atoms with E-state index in [0.717, 1.165) is 4.31 Å². The van der Waals surface area contributed by atoms with Crippen LogP contribution < -0.4 is 5.32 Å². The van der Waals surface area contributed by atoms with Gasteiger partial charge in [0.1, 0.15) is 5.75 Å². The molecular weight excluding hydrogens is 340 g/mol. The number of phenols is 1. The number of nitrogens with one attached hydrogen (secondary N) is 1. The van der Waals surface area contributed by atoms with E-state index in [1.165, 1.54) is 20.2 Å². The number of phenolic OH excluding ortho intramolecular Hbond substituents is 1. The van der Waals surface area contributed by atoms with Crippen molar-refractivity contribution in [3.8, 4) is 5.75 Å². The van der Waals surface area contributed by atoms with Crippen LogP contribution >= 0.6 is 0 Å². The second kappa shape index (κ2) is 8.13. The quantitative estimate of drug-likeness (QED) is 0.787. The number of aryl methyl sites for hydroxylation is 1. The molecule has 1 amide bonds. The Morgan fingerprint density at radius 3 is 2.28 bits per heavy atom. The minimum atomic E-state index is -3.57. The largest absolute Gasteiger partial charge is 0.508 e. The predicted molar refractivity (Wildman–Crippen MR) is 95.6 cm³/mol. The SMILES string of the molecule is CN(C)S(=O)(=O)c1ccccc1CNC(=O)CCc1ccccc1O. The van der Waals surface area contributed by atoms with E-state index < -0.39 is 10.0 Å². The number of aromatic hydroxyl groups is 1. The Labute approximate surface area is 148 Å². The molecule has 0 saturated carbocycles. The summed E-state index contributed by atoms with van der Waals surface area (Å²) in [4.78, 5) is 12.2. The van der Waals surface area contributed by atoms with E-state index in [0.29, 0.717) is 17.5 Å². The predicted octanol–water partition coefficient (Wildman–Crippen LogP) is 1.89. The molecule has 0 aliphatic heterocycles. The molecule has 0 aliphatic rings. The number of nitrogens with zero attached hydrogens (tertiary/aromatic N) is 1. The molecule has 0 fully saturated rings. The van der Waals surface area contributed by atoms with Gasteiger partial charge in [0.15, 0.2) is 0 Å². The van der Waals surface area contributed by atoms with E-state index in [1.54, 1.807) is 42.5 Å². The van der Waals surface area contributed by atoms with Gasteiger partial charge in [0, 0.05) is 27.1 Å². The molecule has 0 atom stereocenters. The first kappa shape index (κ1) is 19.0. The topological polar surface area (TPSA) is 86.7 Å². The fraction of sp³-hybridized carbons (Fsp3) is 0.278. The average molecular weight is 362 g/mol. The smallest absolute Gasteiger partial charge is 0.242 e. The van der Waals surface area contributed by atoms with Crippen LogP contribution in [0.2, 0.25) is 0 Å². The number of amides is 1. The average Bonchev–Trinajstić information content (AvgIpc) is 2.59. The Hall–Kier alpha value is -2.38. The Morgan fingerprint density at radius 1 is 1.04 bits per heavy atom. The highest BCUT2D eigenvalue weighted by Gasteiger charge is 2.20. The number of benzene rings is 2. The molecule has 0 aromatic heterocycles. The molecule has 0 aliphatic carbocycles. The van der Waals surface area contributed by atoms with Gasteiger partial charge in [-0.15, -0.1) is 0 Å². The third-order valence-corrected chi connectivity index (χ3v) is 5.74.